The Morgan fingerprint density at radius 1 is 1.78 bits per heavy atom. The molecule has 0 radical (unpaired) electrons. The smallest absolute Gasteiger partial charge is 0.0427 e. The number of thioether (sulfide) groups is 1. The highest BCUT2D eigenvalue weighted by atomic mass is 32.2. The van der Waals surface area contributed by atoms with Gasteiger partial charge in [0.25, 0.3) is 0 Å². The van der Waals surface area contributed by atoms with Crippen LogP contribution in [0.5, 0.6) is 0 Å². The molecule has 0 N–H and O–H groups in total. The molecule has 2 heteroatoms. The van der Waals surface area contributed by atoms with Crippen molar-refractivity contribution in [1.29, 1.82) is 0 Å². The fraction of sp³-hybridized carbons (Fsp3) is 0.571. The van der Waals surface area contributed by atoms with Crippen LogP contribution in [-0.2, 0) is 0 Å². The van der Waals surface area contributed by atoms with Gasteiger partial charge in [0.05, 0.1) is 0 Å². The van der Waals surface area contributed by atoms with Crippen molar-refractivity contribution >= 4 is 18.5 Å². The maximum absolute atomic E-state index is 3.80. The van der Waals surface area contributed by atoms with Crippen molar-refractivity contribution in [3.63, 3.8) is 0 Å². The summed E-state index contributed by atoms with van der Waals surface area (Å²) in [5.41, 5.74) is 0. The number of rotatable bonds is 3. The second-order valence-electron chi connectivity index (χ2n) is 2.00. The normalized spacial score (nSPS) is 17.6. The third kappa shape index (κ3) is 2.22. The van der Waals surface area contributed by atoms with Crippen LogP contribution in [0.3, 0.4) is 0 Å². The van der Waals surface area contributed by atoms with Crippen molar-refractivity contribution in [2.75, 3.05) is 12.3 Å². The molecule has 0 aromatic rings. The molecule has 0 aliphatic carbocycles. The highest BCUT2D eigenvalue weighted by molar-refractivity contribution is 8.03. The second kappa shape index (κ2) is 3.72. The van der Waals surface area contributed by atoms with Gasteiger partial charge in [-0.3, -0.25) is 0 Å². The molecule has 0 amide bonds. The van der Waals surface area contributed by atoms with Crippen LogP contribution in [0.4, 0.5) is 0 Å². The van der Waals surface area contributed by atoms with E-state index in [4.69, 9.17) is 0 Å². The third-order valence-electron chi connectivity index (χ3n) is 1.29. The Labute approximate surface area is 60.3 Å². The Morgan fingerprint density at radius 2 is 2.67 bits per heavy atom. The zero-order chi connectivity index (χ0) is 6.53. The lowest BCUT2D eigenvalue weighted by atomic mass is 10.3. The Hall–Kier alpha value is -0.240. The SMILES string of the molecule is C=NCCC1=CCCS1. The molecule has 0 aromatic heterocycles. The first-order valence-electron chi connectivity index (χ1n) is 3.18. The molecule has 1 nitrogen and oxygen atoms in total. The molecule has 1 aliphatic heterocycles. The minimum absolute atomic E-state index is 0.888. The summed E-state index contributed by atoms with van der Waals surface area (Å²) in [6.45, 7) is 4.32. The summed E-state index contributed by atoms with van der Waals surface area (Å²) in [4.78, 5) is 5.30. The van der Waals surface area contributed by atoms with Gasteiger partial charge in [-0.25, -0.2) is 0 Å². The van der Waals surface area contributed by atoms with Crippen LogP contribution in [-0.4, -0.2) is 19.0 Å². The summed E-state index contributed by atoms with van der Waals surface area (Å²) in [7, 11) is 0. The number of hydrogen-bond donors (Lipinski definition) is 0. The molecule has 0 saturated heterocycles. The van der Waals surface area contributed by atoms with Crippen molar-refractivity contribution < 1.29 is 0 Å². The summed E-state index contributed by atoms with van der Waals surface area (Å²) in [5.74, 6) is 1.27. The van der Waals surface area contributed by atoms with E-state index < -0.39 is 0 Å². The van der Waals surface area contributed by atoms with Crippen LogP contribution in [0.15, 0.2) is 16.0 Å². The van der Waals surface area contributed by atoms with Crippen LogP contribution in [0.1, 0.15) is 12.8 Å². The minimum Gasteiger partial charge on any atom is -0.301 e. The molecule has 0 aromatic carbocycles. The molecule has 0 fully saturated rings. The maximum atomic E-state index is 3.80. The molecule has 0 spiro atoms. The van der Waals surface area contributed by atoms with Crippen LogP contribution in [0.25, 0.3) is 0 Å². The lowest BCUT2D eigenvalue weighted by Gasteiger charge is -1.94. The molecule has 0 bridgehead atoms. The van der Waals surface area contributed by atoms with Crippen molar-refractivity contribution in [2.24, 2.45) is 4.99 Å². The van der Waals surface area contributed by atoms with Gasteiger partial charge in [0, 0.05) is 12.3 Å². The van der Waals surface area contributed by atoms with E-state index in [2.05, 4.69) is 17.8 Å². The Balaban J connectivity index is 2.18. The van der Waals surface area contributed by atoms with Gasteiger partial charge in [0.2, 0.25) is 0 Å². The molecule has 1 heterocycles. The summed E-state index contributed by atoms with van der Waals surface area (Å²) >= 11 is 1.96. The van der Waals surface area contributed by atoms with E-state index in [1.807, 2.05) is 11.8 Å². The molecule has 9 heavy (non-hydrogen) atoms. The van der Waals surface area contributed by atoms with E-state index >= 15 is 0 Å². The fourth-order valence-corrected chi connectivity index (χ4v) is 1.80. The van der Waals surface area contributed by atoms with Crippen molar-refractivity contribution in [2.45, 2.75) is 12.8 Å². The quantitative estimate of drug-likeness (QED) is 0.548. The van der Waals surface area contributed by atoms with Crippen LogP contribution in [0.2, 0.25) is 0 Å². The first-order chi connectivity index (χ1) is 4.43. The second-order valence-corrected chi connectivity index (χ2v) is 3.23. The van der Waals surface area contributed by atoms with Crippen molar-refractivity contribution in [3.05, 3.63) is 11.0 Å². The minimum atomic E-state index is 0.888. The highest BCUT2D eigenvalue weighted by Crippen LogP contribution is 2.26. The van der Waals surface area contributed by atoms with Gasteiger partial charge in [0.1, 0.15) is 0 Å². The summed E-state index contributed by atoms with van der Waals surface area (Å²) in [5, 5.41) is 0. The summed E-state index contributed by atoms with van der Waals surface area (Å²) in [6.07, 6.45) is 4.65. The maximum Gasteiger partial charge on any atom is 0.0427 e. The van der Waals surface area contributed by atoms with E-state index in [9.17, 15) is 0 Å². The summed E-state index contributed by atoms with van der Waals surface area (Å²) < 4.78 is 0. The van der Waals surface area contributed by atoms with Crippen molar-refractivity contribution in [3.8, 4) is 0 Å². The molecule has 0 saturated carbocycles. The lowest BCUT2D eigenvalue weighted by molar-refractivity contribution is 1.00. The third-order valence-corrected chi connectivity index (χ3v) is 2.48. The first kappa shape index (κ1) is 6.87. The Bertz CT molecular complexity index is 129. The van der Waals surface area contributed by atoms with Gasteiger partial charge >= 0.3 is 0 Å². The molecule has 1 aliphatic rings. The van der Waals surface area contributed by atoms with Gasteiger partial charge in [-0.1, -0.05) is 6.08 Å². The fourth-order valence-electron chi connectivity index (χ4n) is 0.832. The predicted octanol–water partition coefficient (Wildman–Crippen LogP) is 2.10. The predicted molar refractivity (Wildman–Crippen MR) is 44.2 cm³/mol. The number of aliphatic imine (C=N–C) groups is 1. The number of hydrogen-bond acceptors (Lipinski definition) is 2. The molecule has 0 atom stereocenters. The number of allylic oxidation sites excluding steroid dienone is 1. The van der Waals surface area contributed by atoms with Gasteiger partial charge < -0.3 is 4.99 Å². The monoisotopic (exact) mass is 141 g/mol. The van der Waals surface area contributed by atoms with Gasteiger partial charge in [-0.2, -0.15) is 0 Å². The van der Waals surface area contributed by atoms with E-state index in [1.165, 1.54) is 17.1 Å². The van der Waals surface area contributed by atoms with Gasteiger partial charge in [-0.05, 0) is 24.5 Å². The number of nitrogens with zero attached hydrogens (tertiary/aromatic N) is 1. The van der Waals surface area contributed by atoms with Crippen molar-refractivity contribution in [1.82, 2.24) is 0 Å². The summed E-state index contributed by atoms with van der Waals surface area (Å²) in [6, 6.07) is 0. The van der Waals surface area contributed by atoms with Gasteiger partial charge in [0.15, 0.2) is 0 Å². The molecule has 0 unspecified atom stereocenters. The first-order valence-corrected chi connectivity index (χ1v) is 4.16. The zero-order valence-corrected chi connectivity index (χ0v) is 6.28. The lowest BCUT2D eigenvalue weighted by Crippen LogP contribution is -1.78. The molecule has 1 rings (SSSR count). The molecular weight excluding hydrogens is 130 g/mol. The van der Waals surface area contributed by atoms with E-state index in [0.29, 0.717) is 0 Å². The van der Waals surface area contributed by atoms with E-state index in [0.717, 1.165) is 13.0 Å². The molecule has 50 valence electrons. The largest absolute Gasteiger partial charge is 0.301 e. The van der Waals surface area contributed by atoms with E-state index in [-0.39, 0.29) is 0 Å². The van der Waals surface area contributed by atoms with Gasteiger partial charge in [-0.15, -0.1) is 11.8 Å². The zero-order valence-electron chi connectivity index (χ0n) is 5.47. The van der Waals surface area contributed by atoms with Crippen LogP contribution in [0, 0.1) is 0 Å². The Morgan fingerprint density at radius 3 is 3.22 bits per heavy atom. The Kier molecular flexibility index (Phi) is 2.84. The van der Waals surface area contributed by atoms with E-state index in [1.54, 1.807) is 0 Å². The average Bonchev–Trinajstić information content (AvgIpc) is 2.34. The van der Waals surface area contributed by atoms with Crippen LogP contribution < -0.4 is 0 Å². The molecular formula is C7H11NS. The standard InChI is InChI=1S/C7H11NS/c1-8-5-4-7-3-2-6-9-7/h3H,1-2,4-6H2. The topological polar surface area (TPSA) is 12.4 Å². The highest BCUT2D eigenvalue weighted by Gasteiger charge is 2.02. The average molecular weight is 141 g/mol. The van der Waals surface area contributed by atoms with Crippen LogP contribution >= 0.6 is 11.8 Å².